The van der Waals surface area contributed by atoms with Crippen molar-refractivity contribution in [1.29, 1.82) is 0 Å². The first kappa shape index (κ1) is 13.0. The Balaban J connectivity index is 2.07. The highest BCUT2D eigenvalue weighted by Gasteiger charge is 2.00. The van der Waals surface area contributed by atoms with E-state index >= 15 is 0 Å². The topological polar surface area (TPSA) is 53.8 Å². The van der Waals surface area contributed by atoms with E-state index in [1.807, 2.05) is 37.3 Å². The molecule has 2 rings (SSSR count). The van der Waals surface area contributed by atoms with Crippen LogP contribution in [0.15, 0.2) is 47.6 Å². The molecular formula is C15H16N2O2. The van der Waals surface area contributed by atoms with Crippen LogP contribution in [0.25, 0.3) is 0 Å². The minimum atomic E-state index is 0.0994. The highest BCUT2D eigenvalue weighted by atomic mass is 16.5. The lowest BCUT2D eigenvalue weighted by molar-refractivity contribution is 0.373. The second-order valence-corrected chi connectivity index (χ2v) is 4.12. The van der Waals surface area contributed by atoms with E-state index in [-0.39, 0.29) is 5.75 Å². The van der Waals surface area contributed by atoms with E-state index in [0.29, 0.717) is 5.75 Å². The third-order valence-corrected chi connectivity index (χ3v) is 2.75. The number of nitrogens with zero attached hydrogens (tertiary/aromatic N) is 1. The molecule has 19 heavy (non-hydrogen) atoms. The van der Waals surface area contributed by atoms with Crippen molar-refractivity contribution in [1.82, 2.24) is 0 Å². The summed E-state index contributed by atoms with van der Waals surface area (Å²) in [7, 11) is 1.52. The average molecular weight is 256 g/mol. The SMILES string of the molecule is COc1ccc(/C=N/Nc2ccccc2C)cc1O. The van der Waals surface area contributed by atoms with Crippen molar-refractivity contribution < 1.29 is 9.84 Å². The summed E-state index contributed by atoms with van der Waals surface area (Å²) in [4.78, 5) is 0. The van der Waals surface area contributed by atoms with E-state index in [4.69, 9.17) is 4.74 Å². The highest BCUT2D eigenvalue weighted by molar-refractivity contribution is 5.81. The van der Waals surface area contributed by atoms with Crippen LogP contribution in [0, 0.1) is 6.92 Å². The Kier molecular flexibility index (Phi) is 4.03. The van der Waals surface area contributed by atoms with Gasteiger partial charge in [-0.05, 0) is 42.3 Å². The summed E-state index contributed by atoms with van der Waals surface area (Å²) in [6.07, 6.45) is 1.64. The summed E-state index contributed by atoms with van der Waals surface area (Å²) in [5.74, 6) is 0.548. The molecule has 0 saturated heterocycles. The van der Waals surface area contributed by atoms with E-state index < -0.39 is 0 Å². The van der Waals surface area contributed by atoms with E-state index in [0.717, 1.165) is 16.8 Å². The second-order valence-electron chi connectivity index (χ2n) is 4.12. The van der Waals surface area contributed by atoms with Crippen LogP contribution in [0.4, 0.5) is 5.69 Å². The van der Waals surface area contributed by atoms with Crippen molar-refractivity contribution in [2.24, 2.45) is 5.10 Å². The molecule has 0 aliphatic rings. The number of nitrogens with one attached hydrogen (secondary N) is 1. The molecule has 0 aliphatic carbocycles. The third-order valence-electron chi connectivity index (χ3n) is 2.75. The molecule has 4 heteroatoms. The Morgan fingerprint density at radius 3 is 2.68 bits per heavy atom. The summed E-state index contributed by atoms with van der Waals surface area (Å²) < 4.78 is 4.98. The number of benzene rings is 2. The number of phenols is 1. The average Bonchev–Trinajstić information content (AvgIpc) is 2.41. The molecule has 2 N–H and O–H groups in total. The predicted molar refractivity (Wildman–Crippen MR) is 77.1 cm³/mol. The van der Waals surface area contributed by atoms with Crippen molar-refractivity contribution in [3.63, 3.8) is 0 Å². The molecule has 0 spiro atoms. The number of methoxy groups -OCH3 is 1. The van der Waals surface area contributed by atoms with Gasteiger partial charge in [-0.1, -0.05) is 18.2 Å². The fourth-order valence-corrected chi connectivity index (χ4v) is 1.66. The van der Waals surface area contributed by atoms with Gasteiger partial charge >= 0.3 is 0 Å². The molecule has 0 atom stereocenters. The minimum absolute atomic E-state index is 0.0994. The number of phenolic OH excluding ortho intramolecular Hbond substituents is 1. The number of aromatic hydroxyl groups is 1. The summed E-state index contributed by atoms with van der Waals surface area (Å²) in [6, 6.07) is 13.0. The zero-order chi connectivity index (χ0) is 13.7. The number of hydrazone groups is 1. The maximum Gasteiger partial charge on any atom is 0.160 e. The van der Waals surface area contributed by atoms with Crippen molar-refractivity contribution in [2.75, 3.05) is 12.5 Å². The van der Waals surface area contributed by atoms with Crippen LogP contribution in [0.2, 0.25) is 0 Å². The quantitative estimate of drug-likeness (QED) is 0.652. The van der Waals surface area contributed by atoms with Crippen molar-refractivity contribution in [3.8, 4) is 11.5 Å². The summed E-state index contributed by atoms with van der Waals surface area (Å²) >= 11 is 0. The molecule has 98 valence electrons. The van der Waals surface area contributed by atoms with E-state index in [1.54, 1.807) is 18.3 Å². The molecule has 4 nitrogen and oxygen atoms in total. The van der Waals surface area contributed by atoms with E-state index in [1.165, 1.54) is 7.11 Å². The minimum Gasteiger partial charge on any atom is -0.504 e. The molecule has 2 aromatic carbocycles. The number of rotatable bonds is 4. The number of anilines is 1. The predicted octanol–water partition coefficient (Wildman–Crippen LogP) is 3.16. The summed E-state index contributed by atoms with van der Waals surface area (Å²) in [6.45, 7) is 2.01. The van der Waals surface area contributed by atoms with Crippen LogP contribution in [0.5, 0.6) is 11.5 Å². The van der Waals surface area contributed by atoms with Gasteiger partial charge in [0.05, 0.1) is 19.0 Å². The van der Waals surface area contributed by atoms with Crippen LogP contribution in [0.3, 0.4) is 0 Å². The normalized spacial score (nSPS) is 10.6. The van der Waals surface area contributed by atoms with Gasteiger partial charge in [-0.3, -0.25) is 5.43 Å². The van der Waals surface area contributed by atoms with Gasteiger partial charge in [-0.15, -0.1) is 0 Å². The first-order chi connectivity index (χ1) is 9.20. The van der Waals surface area contributed by atoms with Gasteiger partial charge in [0.15, 0.2) is 11.5 Å². The van der Waals surface area contributed by atoms with Gasteiger partial charge in [-0.25, -0.2) is 0 Å². The highest BCUT2D eigenvalue weighted by Crippen LogP contribution is 2.25. The molecule has 0 bridgehead atoms. The Morgan fingerprint density at radius 2 is 2.00 bits per heavy atom. The molecule has 0 saturated carbocycles. The molecule has 2 aromatic rings. The molecule has 0 aliphatic heterocycles. The lowest BCUT2D eigenvalue weighted by atomic mass is 10.2. The largest absolute Gasteiger partial charge is 0.504 e. The molecule has 0 unspecified atom stereocenters. The monoisotopic (exact) mass is 256 g/mol. The Bertz CT molecular complexity index is 594. The molecule has 0 amide bonds. The van der Waals surface area contributed by atoms with Crippen LogP contribution in [-0.4, -0.2) is 18.4 Å². The molecule has 0 radical (unpaired) electrons. The maximum absolute atomic E-state index is 9.64. The van der Waals surface area contributed by atoms with E-state index in [9.17, 15) is 5.11 Å². The smallest absolute Gasteiger partial charge is 0.160 e. The lowest BCUT2D eigenvalue weighted by Gasteiger charge is -2.04. The van der Waals surface area contributed by atoms with Gasteiger partial charge in [0, 0.05) is 0 Å². The third kappa shape index (κ3) is 3.25. The summed E-state index contributed by atoms with van der Waals surface area (Å²) in [5, 5.41) is 13.8. The van der Waals surface area contributed by atoms with Gasteiger partial charge in [-0.2, -0.15) is 5.10 Å². The Hall–Kier alpha value is -2.49. The van der Waals surface area contributed by atoms with Crippen LogP contribution < -0.4 is 10.2 Å². The molecule has 0 aromatic heterocycles. The number of para-hydroxylation sites is 1. The summed E-state index contributed by atoms with van der Waals surface area (Å²) in [5.41, 5.74) is 5.83. The van der Waals surface area contributed by atoms with Gasteiger partial charge in [0.1, 0.15) is 0 Å². The van der Waals surface area contributed by atoms with Gasteiger partial charge < -0.3 is 9.84 Å². The fourth-order valence-electron chi connectivity index (χ4n) is 1.66. The molecule has 0 heterocycles. The maximum atomic E-state index is 9.64. The first-order valence-corrected chi connectivity index (χ1v) is 5.92. The van der Waals surface area contributed by atoms with Crippen molar-refractivity contribution in [2.45, 2.75) is 6.92 Å². The Labute approximate surface area is 112 Å². The zero-order valence-electron chi connectivity index (χ0n) is 10.9. The second kappa shape index (κ2) is 5.91. The van der Waals surface area contributed by atoms with Crippen molar-refractivity contribution in [3.05, 3.63) is 53.6 Å². The zero-order valence-corrected chi connectivity index (χ0v) is 10.9. The van der Waals surface area contributed by atoms with E-state index in [2.05, 4.69) is 10.5 Å². The fraction of sp³-hybridized carbons (Fsp3) is 0.133. The standard InChI is InChI=1S/C15H16N2O2/c1-11-5-3-4-6-13(11)17-16-10-12-7-8-15(19-2)14(18)9-12/h3-10,17-18H,1-2H3/b16-10+. The molecular weight excluding hydrogens is 240 g/mol. The van der Waals surface area contributed by atoms with Crippen molar-refractivity contribution >= 4 is 11.9 Å². The number of ether oxygens (including phenoxy) is 1. The van der Waals surface area contributed by atoms with Crippen LogP contribution >= 0.6 is 0 Å². The molecule has 0 fully saturated rings. The number of hydrogen-bond donors (Lipinski definition) is 2. The van der Waals surface area contributed by atoms with Crippen LogP contribution in [-0.2, 0) is 0 Å². The van der Waals surface area contributed by atoms with Gasteiger partial charge in [0.2, 0.25) is 0 Å². The number of hydrogen-bond acceptors (Lipinski definition) is 4. The first-order valence-electron chi connectivity index (χ1n) is 5.92. The number of aryl methyl sites for hydroxylation is 1. The lowest BCUT2D eigenvalue weighted by Crippen LogP contribution is -1.93. The van der Waals surface area contributed by atoms with Crippen LogP contribution in [0.1, 0.15) is 11.1 Å². The van der Waals surface area contributed by atoms with Gasteiger partial charge in [0.25, 0.3) is 0 Å². The Morgan fingerprint density at radius 1 is 1.21 bits per heavy atom.